The first-order valence-corrected chi connectivity index (χ1v) is 10.6. The van der Waals surface area contributed by atoms with E-state index in [1.54, 1.807) is 4.57 Å². The topological polar surface area (TPSA) is 102 Å². The summed E-state index contributed by atoms with van der Waals surface area (Å²) in [6, 6.07) is 16.0. The number of benzene rings is 2. The second kappa shape index (κ2) is 8.99. The minimum atomic E-state index is -0.169. The van der Waals surface area contributed by atoms with Crippen LogP contribution >= 0.6 is 0 Å². The number of nitrogens with zero attached hydrogens (tertiary/aromatic N) is 5. The van der Waals surface area contributed by atoms with Gasteiger partial charge in [-0.05, 0) is 41.7 Å². The molecule has 0 saturated carbocycles. The van der Waals surface area contributed by atoms with Gasteiger partial charge in [0.25, 0.3) is 0 Å². The molecule has 0 aliphatic heterocycles. The highest BCUT2D eigenvalue weighted by Gasteiger charge is 2.18. The van der Waals surface area contributed by atoms with E-state index in [1.165, 1.54) is 4.57 Å². The van der Waals surface area contributed by atoms with Gasteiger partial charge in [0.15, 0.2) is 0 Å². The van der Waals surface area contributed by atoms with Gasteiger partial charge < -0.3 is 5.11 Å². The molecule has 0 aliphatic rings. The molecule has 0 radical (unpaired) electrons. The summed E-state index contributed by atoms with van der Waals surface area (Å²) in [5.74, 6) is 0.634. The Kier molecular flexibility index (Phi) is 5.97. The van der Waals surface area contributed by atoms with Gasteiger partial charge in [0.2, 0.25) is 11.7 Å². The smallest absolute Gasteiger partial charge is 0.331 e. The number of hydrogen-bond donors (Lipinski definition) is 2. The molecule has 0 atom stereocenters. The number of hydrogen-bond acceptors (Lipinski definition) is 5. The van der Waals surface area contributed by atoms with Gasteiger partial charge in [0.1, 0.15) is 0 Å². The normalized spacial score (nSPS) is 11.2. The fourth-order valence-corrected chi connectivity index (χ4v) is 3.85. The van der Waals surface area contributed by atoms with Gasteiger partial charge in [0.05, 0.1) is 12.2 Å². The van der Waals surface area contributed by atoms with Crippen LogP contribution in [-0.4, -0.2) is 34.9 Å². The number of aromatic hydroxyl groups is 1. The van der Waals surface area contributed by atoms with Crippen molar-refractivity contribution in [3.63, 3.8) is 0 Å². The van der Waals surface area contributed by atoms with Gasteiger partial charge in [-0.15, -0.1) is 10.2 Å². The van der Waals surface area contributed by atoms with Gasteiger partial charge in [0, 0.05) is 12.1 Å². The highest BCUT2D eigenvalue weighted by molar-refractivity contribution is 5.80. The molecule has 0 bridgehead atoms. The maximum Gasteiger partial charge on any atom is 0.331 e. The number of unbranched alkanes of at least 4 members (excludes halogenated alkanes) is 1. The SMILES string of the molecule is CCCCc1c(O)n(CC)c(=O)n1Cc1ccc(-c2ccccc2-c2nn[nH]n2)cc1. The number of aromatic amines is 1. The lowest BCUT2D eigenvalue weighted by molar-refractivity contribution is 0.411. The third-order valence-corrected chi connectivity index (χ3v) is 5.50. The van der Waals surface area contributed by atoms with Crippen LogP contribution < -0.4 is 5.69 Å². The van der Waals surface area contributed by atoms with Crippen molar-refractivity contribution in [3.8, 4) is 28.4 Å². The Labute approximate surface area is 180 Å². The van der Waals surface area contributed by atoms with Crippen molar-refractivity contribution in [1.82, 2.24) is 29.8 Å². The van der Waals surface area contributed by atoms with Crippen LogP contribution in [0.2, 0.25) is 0 Å². The van der Waals surface area contributed by atoms with Crippen molar-refractivity contribution in [2.24, 2.45) is 0 Å². The lowest BCUT2D eigenvalue weighted by atomic mass is 9.98. The van der Waals surface area contributed by atoms with Gasteiger partial charge in [-0.3, -0.25) is 9.13 Å². The van der Waals surface area contributed by atoms with Crippen molar-refractivity contribution < 1.29 is 5.11 Å². The Balaban J connectivity index is 1.65. The van der Waals surface area contributed by atoms with E-state index >= 15 is 0 Å². The first-order chi connectivity index (χ1) is 15.1. The average Bonchev–Trinajstić information content (AvgIpc) is 3.41. The maximum atomic E-state index is 12.8. The first-order valence-electron chi connectivity index (χ1n) is 10.6. The van der Waals surface area contributed by atoms with Crippen molar-refractivity contribution in [2.75, 3.05) is 0 Å². The van der Waals surface area contributed by atoms with E-state index in [4.69, 9.17) is 0 Å². The summed E-state index contributed by atoms with van der Waals surface area (Å²) < 4.78 is 3.12. The van der Waals surface area contributed by atoms with Crippen LogP contribution in [0.15, 0.2) is 53.3 Å². The van der Waals surface area contributed by atoms with Gasteiger partial charge >= 0.3 is 5.69 Å². The van der Waals surface area contributed by atoms with Crippen molar-refractivity contribution in [3.05, 3.63) is 70.3 Å². The molecule has 160 valence electrons. The van der Waals surface area contributed by atoms with E-state index in [9.17, 15) is 9.90 Å². The zero-order valence-electron chi connectivity index (χ0n) is 17.7. The summed E-state index contributed by atoms with van der Waals surface area (Å²) in [6.45, 7) is 4.83. The molecule has 2 heterocycles. The number of aromatic nitrogens is 6. The number of tetrazole rings is 1. The standard InChI is InChI=1S/C23H26N6O2/c1-3-5-10-20-22(30)28(4-2)23(31)29(20)15-16-11-13-17(14-12-16)18-8-6-7-9-19(18)21-24-26-27-25-21/h6-9,11-14,30H,3-5,10,15H2,1-2H3,(H,24,25,26,27). The minimum absolute atomic E-state index is 0.0895. The number of H-pyrrole nitrogens is 1. The second-order valence-electron chi connectivity index (χ2n) is 7.46. The molecule has 2 aromatic carbocycles. The molecule has 0 amide bonds. The van der Waals surface area contributed by atoms with E-state index in [0.29, 0.717) is 31.0 Å². The molecule has 0 unspecified atom stereocenters. The minimum Gasteiger partial charge on any atom is -0.493 e. The van der Waals surface area contributed by atoms with E-state index in [2.05, 4.69) is 27.5 Å². The zero-order chi connectivity index (χ0) is 21.8. The largest absolute Gasteiger partial charge is 0.493 e. The lowest BCUT2D eigenvalue weighted by Gasteiger charge is -2.10. The Morgan fingerprint density at radius 3 is 2.39 bits per heavy atom. The fraction of sp³-hybridized carbons (Fsp3) is 0.304. The Bertz CT molecular complexity index is 1210. The molecule has 2 N–H and O–H groups in total. The third-order valence-electron chi connectivity index (χ3n) is 5.50. The van der Waals surface area contributed by atoms with E-state index in [0.717, 1.165) is 35.1 Å². The average molecular weight is 419 g/mol. The maximum absolute atomic E-state index is 12.8. The molecule has 0 spiro atoms. The molecular formula is C23H26N6O2. The summed E-state index contributed by atoms with van der Waals surface area (Å²) >= 11 is 0. The van der Waals surface area contributed by atoms with E-state index in [1.807, 2.05) is 55.5 Å². The van der Waals surface area contributed by atoms with Crippen LogP contribution in [0.4, 0.5) is 0 Å². The number of rotatable bonds is 8. The Hall–Kier alpha value is -3.68. The Morgan fingerprint density at radius 1 is 1.00 bits per heavy atom. The molecule has 0 fully saturated rings. The van der Waals surface area contributed by atoms with Gasteiger partial charge in [-0.2, -0.15) is 5.21 Å². The molecule has 31 heavy (non-hydrogen) atoms. The zero-order valence-corrected chi connectivity index (χ0v) is 17.7. The monoisotopic (exact) mass is 418 g/mol. The molecule has 0 aliphatic carbocycles. The van der Waals surface area contributed by atoms with E-state index < -0.39 is 0 Å². The van der Waals surface area contributed by atoms with Crippen LogP contribution in [0.3, 0.4) is 0 Å². The van der Waals surface area contributed by atoms with Crippen LogP contribution in [0.1, 0.15) is 37.9 Å². The summed E-state index contributed by atoms with van der Waals surface area (Å²) in [4.78, 5) is 12.8. The second-order valence-corrected chi connectivity index (χ2v) is 7.46. The summed E-state index contributed by atoms with van der Waals surface area (Å²) in [6.07, 6.45) is 2.60. The van der Waals surface area contributed by atoms with Crippen molar-refractivity contribution >= 4 is 0 Å². The Morgan fingerprint density at radius 2 is 1.74 bits per heavy atom. The summed E-state index contributed by atoms with van der Waals surface area (Å²) in [5.41, 5.74) is 4.46. The number of nitrogens with one attached hydrogen (secondary N) is 1. The highest BCUT2D eigenvalue weighted by Crippen LogP contribution is 2.30. The van der Waals surface area contributed by atoms with Crippen LogP contribution in [0.5, 0.6) is 5.88 Å². The molecule has 0 saturated heterocycles. The lowest BCUT2D eigenvalue weighted by Crippen LogP contribution is -2.25. The van der Waals surface area contributed by atoms with Crippen LogP contribution in [-0.2, 0) is 19.5 Å². The summed E-state index contributed by atoms with van der Waals surface area (Å²) in [7, 11) is 0. The predicted molar refractivity (Wildman–Crippen MR) is 119 cm³/mol. The fourth-order valence-electron chi connectivity index (χ4n) is 3.85. The van der Waals surface area contributed by atoms with Gasteiger partial charge in [-0.25, -0.2) is 4.79 Å². The van der Waals surface area contributed by atoms with Gasteiger partial charge in [-0.1, -0.05) is 61.9 Å². The first kappa shape index (κ1) is 20.6. The summed E-state index contributed by atoms with van der Waals surface area (Å²) in [5, 5.41) is 24.9. The van der Waals surface area contributed by atoms with Crippen molar-refractivity contribution in [2.45, 2.75) is 46.2 Å². The highest BCUT2D eigenvalue weighted by atomic mass is 16.3. The predicted octanol–water partition coefficient (Wildman–Crippen LogP) is 3.61. The molecule has 8 nitrogen and oxygen atoms in total. The molecule has 4 aromatic rings. The quantitative estimate of drug-likeness (QED) is 0.455. The van der Waals surface area contributed by atoms with Crippen LogP contribution in [0.25, 0.3) is 22.5 Å². The third kappa shape index (κ3) is 4.01. The van der Waals surface area contributed by atoms with Crippen LogP contribution in [0, 0.1) is 0 Å². The van der Waals surface area contributed by atoms with E-state index in [-0.39, 0.29) is 11.6 Å². The molecular weight excluding hydrogens is 392 g/mol. The molecule has 8 heteroatoms. The number of imidazole rings is 1. The van der Waals surface area contributed by atoms with Crippen molar-refractivity contribution in [1.29, 1.82) is 0 Å². The molecule has 4 rings (SSSR count). The molecule has 2 aromatic heterocycles.